The fraction of sp³-hybridized carbons (Fsp3) is 0.357. The van der Waals surface area contributed by atoms with Crippen LogP contribution >= 0.6 is 23.2 Å². The SMILES string of the molecule is CC(C)(C)OC(=O)NC(=N)NC(=O)Cc1c(Cl)cccc1Cl. The minimum Gasteiger partial charge on any atom is -0.444 e. The predicted octanol–water partition coefficient (Wildman–Crippen LogP) is 3.11. The molecule has 1 aromatic rings. The van der Waals surface area contributed by atoms with Gasteiger partial charge in [0.2, 0.25) is 11.9 Å². The van der Waals surface area contributed by atoms with E-state index < -0.39 is 23.6 Å². The number of halogens is 2. The second kappa shape index (κ2) is 7.47. The van der Waals surface area contributed by atoms with E-state index in [1.54, 1.807) is 39.0 Å². The van der Waals surface area contributed by atoms with Crippen LogP contribution in [0.25, 0.3) is 0 Å². The number of ether oxygens (including phenoxy) is 1. The highest BCUT2D eigenvalue weighted by molar-refractivity contribution is 6.36. The Labute approximate surface area is 138 Å². The molecule has 0 fully saturated rings. The van der Waals surface area contributed by atoms with Gasteiger partial charge in [-0.05, 0) is 38.5 Å². The Bertz CT molecular complexity index is 577. The number of benzene rings is 1. The molecule has 3 N–H and O–H groups in total. The molecule has 0 saturated heterocycles. The smallest absolute Gasteiger partial charge is 0.414 e. The molecule has 0 aliphatic carbocycles. The minimum atomic E-state index is -0.825. The fourth-order valence-electron chi connectivity index (χ4n) is 1.48. The van der Waals surface area contributed by atoms with Gasteiger partial charge in [0, 0.05) is 10.0 Å². The summed E-state index contributed by atoms with van der Waals surface area (Å²) in [5.41, 5.74) is -0.243. The van der Waals surface area contributed by atoms with E-state index in [9.17, 15) is 9.59 Å². The van der Waals surface area contributed by atoms with Gasteiger partial charge < -0.3 is 4.74 Å². The van der Waals surface area contributed by atoms with Gasteiger partial charge in [-0.25, -0.2) is 4.79 Å². The zero-order valence-corrected chi connectivity index (χ0v) is 13.9. The molecule has 0 radical (unpaired) electrons. The Hall–Kier alpha value is -1.79. The second-order valence-corrected chi connectivity index (χ2v) is 6.24. The molecule has 0 bridgehead atoms. The van der Waals surface area contributed by atoms with Crippen LogP contribution in [0.5, 0.6) is 0 Å². The Morgan fingerprint density at radius 1 is 1.18 bits per heavy atom. The molecular weight excluding hydrogens is 329 g/mol. The van der Waals surface area contributed by atoms with Crippen LogP contribution in [-0.4, -0.2) is 23.6 Å². The first-order valence-electron chi connectivity index (χ1n) is 6.40. The summed E-state index contributed by atoms with van der Waals surface area (Å²) in [5, 5.41) is 12.6. The maximum absolute atomic E-state index is 11.8. The van der Waals surface area contributed by atoms with Crippen LogP contribution in [0.2, 0.25) is 10.0 Å². The highest BCUT2D eigenvalue weighted by Crippen LogP contribution is 2.24. The van der Waals surface area contributed by atoms with Gasteiger partial charge in [0.05, 0.1) is 6.42 Å². The summed E-state index contributed by atoms with van der Waals surface area (Å²) in [6.07, 6.45) is -0.940. The van der Waals surface area contributed by atoms with Gasteiger partial charge in [-0.15, -0.1) is 0 Å². The molecule has 6 nitrogen and oxygen atoms in total. The zero-order chi connectivity index (χ0) is 16.9. The van der Waals surface area contributed by atoms with Crippen molar-refractivity contribution in [2.24, 2.45) is 0 Å². The van der Waals surface area contributed by atoms with Crippen LogP contribution < -0.4 is 10.6 Å². The van der Waals surface area contributed by atoms with Crippen molar-refractivity contribution in [3.8, 4) is 0 Å². The lowest BCUT2D eigenvalue weighted by molar-refractivity contribution is -0.119. The van der Waals surface area contributed by atoms with E-state index in [0.717, 1.165) is 0 Å². The molecule has 8 heteroatoms. The van der Waals surface area contributed by atoms with Crippen molar-refractivity contribution in [2.45, 2.75) is 32.8 Å². The van der Waals surface area contributed by atoms with Crippen LogP contribution in [-0.2, 0) is 16.0 Å². The molecule has 0 aromatic heterocycles. The third-order valence-electron chi connectivity index (χ3n) is 2.29. The first-order valence-corrected chi connectivity index (χ1v) is 7.15. The van der Waals surface area contributed by atoms with Crippen LogP contribution in [0.4, 0.5) is 4.79 Å². The standard InChI is InChI=1S/C14H17Cl2N3O3/c1-14(2,3)22-13(21)19-12(17)18-11(20)7-8-9(15)5-4-6-10(8)16/h4-6H,7H2,1-3H3,(H3,17,18,19,20,21). The summed E-state index contributed by atoms with van der Waals surface area (Å²) >= 11 is 11.9. The number of rotatable bonds is 2. The molecule has 0 atom stereocenters. The van der Waals surface area contributed by atoms with Crippen LogP contribution in [0.1, 0.15) is 26.3 Å². The van der Waals surface area contributed by atoms with Crippen LogP contribution in [0.3, 0.4) is 0 Å². The number of alkyl carbamates (subject to hydrolysis) is 1. The van der Waals surface area contributed by atoms with Gasteiger partial charge in [-0.2, -0.15) is 0 Å². The largest absolute Gasteiger partial charge is 0.444 e. The number of nitrogens with one attached hydrogen (secondary N) is 3. The average Bonchev–Trinajstić information content (AvgIpc) is 2.31. The van der Waals surface area contributed by atoms with Gasteiger partial charge in [-0.3, -0.25) is 20.8 Å². The van der Waals surface area contributed by atoms with Crippen LogP contribution in [0, 0.1) is 5.41 Å². The van der Waals surface area contributed by atoms with Gasteiger partial charge in [0.25, 0.3) is 0 Å². The quantitative estimate of drug-likeness (QED) is 0.568. The van der Waals surface area contributed by atoms with E-state index in [1.807, 2.05) is 0 Å². The molecule has 120 valence electrons. The second-order valence-electron chi connectivity index (χ2n) is 5.43. The van der Waals surface area contributed by atoms with Gasteiger partial charge >= 0.3 is 6.09 Å². The fourth-order valence-corrected chi connectivity index (χ4v) is 2.01. The number of hydrogen-bond acceptors (Lipinski definition) is 4. The number of guanidine groups is 1. The highest BCUT2D eigenvalue weighted by Gasteiger charge is 2.18. The zero-order valence-electron chi connectivity index (χ0n) is 12.4. The van der Waals surface area contributed by atoms with Crippen LogP contribution in [0.15, 0.2) is 18.2 Å². The van der Waals surface area contributed by atoms with E-state index in [1.165, 1.54) is 0 Å². The Kier molecular flexibility index (Phi) is 6.20. The molecule has 22 heavy (non-hydrogen) atoms. The molecule has 0 aliphatic heterocycles. The Morgan fingerprint density at radius 3 is 2.23 bits per heavy atom. The molecule has 0 unspecified atom stereocenters. The summed E-state index contributed by atoms with van der Waals surface area (Å²) in [6, 6.07) is 4.89. The van der Waals surface area contributed by atoms with Crippen molar-refractivity contribution in [3.05, 3.63) is 33.8 Å². The molecule has 0 aliphatic rings. The molecular formula is C14H17Cl2N3O3. The van der Waals surface area contributed by atoms with Crippen molar-refractivity contribution in [1.29, 1.82) is 5.41 Å². The summed E-state index contributed by atoms with van der Waals surface area (Å²) in [6.45, 7) is 5.07. The topological polar surface area (TPSA) is 91.3 Å². The highest BCUT2D eigenvalue weighted by atomic mass is 35.5. The Balaban J connectivity index is 2.55. The third kappa shape index (κ3) is 6.32. The van der Waals surface area contributed by atoms with E-state index >= 15 is 0 Å². The maximum Gasteiger partial charge on any atom is 0.414 e. The molecule has 1 aromatic carbocycles. The van der Waals surface area contributed by atoms with Gasteiger partial charge in [-0.1, -0.05) is 29.3 Å². The Morgan fingerprint density at radius 2 is 1.73 bits per heavy atom. The summed E-state index contributed by atoms with van der Waals surface area (Å²) in [4.78, 5) is 23.3. The third-order valence-corrected chi connectivity index (χ3v) is 3.00. The number of carbonyl (C=O) groups excluding carboxylic acids is 2. The number of hydrogen-bond donors (Lipinski definition) is 3. The van der Waals surface area contributed by atoms with Crippen molar-refractivity contribution >= 4 is 41.2 Å². The van der Waals surface area contributed by atoms with Crippen molar-refractivity contribution in [1.82, 2.24) is 10.6 Å². The predicted molar refractivity (Wildman–Crippen MR) is 85.4 cm³/mol. The lowest BCUT2D eigenvalue weighted by Crippen LogP contribution is -2.45. The summed E-state index contributed by atoms with van der Waals surface area (Å²) in [5.74, 6) is -1.02. The monoisotopic (exact) mass is 345 g/mol. The van der Waals surface area contributed by atoms with Crippen molar-refractivity contribution in [3.63, 3.8) is 0 Å². The van der Waals surface area contributed by atoms with Gasteiger partial charge in [0.1, 0.15) is 5.60 Å². The van der Waals surface area contributed by atoms with E-state index in [2.05, 4.69) is 10.6 Å². The van der Waals surface area contributed by atoms with E-state index in [-0.39, 0.29) is 6.42 Å². The molecule has 0 heterocycles. The summed E-state index contributed by atoms with van der Waals surface area (Å²) in [7, 11) is 0. The van der Waals surface area contributed by atoms with E-state index in [0.29, 0.717) is 15.6 Å². The molecule has 2 amide bonds. The number of carbonyl (C=O) groups is 2. The van der Waals surface area contributed by atoms with E-state index in [4.69, 9.17) is 33.3 Å². The van der Waals surface area contributed by atoms with Gasteiger partial charge in [0.15, 0.2) is 0 Å². The first-order chi connectivity index (χ1) is 10.1. The van der Waals surface area contributed by atoms with Crippen molar-refractivity contribution < 1.29 is 14.3 Å². The lowest BCUT2D eigenvalue weighted by Gasteiger charge is -2.19. The first kappa shape index (κ1) is 18.3. The summed E-state index contributed by atoms with van der Waals surface area (Å²) < 4.78 is 4.96. The molecule has 1 rings (SSSR count). The molecule has 0 spiro atoms. The maximum atomic E-state index is 11.8. The van der Waals surface area contributed by atoms with Crippen molar-refractivity contribution in [2.75, 3.05) is 0 Å². The average molecular weight is 346 g/mol. The lowest BCUT2D eigenvalue weighted by atomic mass is 10.1. The molecule has 0 saturated carbocycles. The normalized spacial score (nSPS) is 10.8. The number of amides is 2. The minimum absolute atomic E-state index is 0.114.